The van der Waals surface area contributed by atoms with Crippen LogP contribution in [0.1, 0.15) is 45.7 Å². The van der Waals surface area contributed by atoms with E-state index in [2.05, 4.69) is 0 Å². The average Bonchev–Trinajstić information content (AvgIpc) is 2.97. The van der Waals surface area contributed by atoms with Crippen LogP contribution >= 0.6 is 11.8 Å². The molecule has 0 saturated heterocycles. The number of hydrogen-bond donors (Lipinski definition) is 0. The molecule has 182 valence electrons. The van der Waals surface area contributed by atoms with E-state index in [1.54, 1.807) is 22.8 Å². The minimum atomic E-state index is -4.67. The zero-order valence-corrected chi connectivity index (χ0v) is 19.7. The summed E-state index contributed by atoms with van der Waals surface area (Å²) in [6.45, 7) is 1.94. The number of aromatic nitrogens is 1. The van der Waals surface area contributed by atoms with Crippen LogP contribution in [-0.2, 0) is 5.75 Å². The van der Waals surface area contributed by atoms with Gasteiger partial charge in [-0.1, -0.05) is 24.3 Å². The van der Waals surface area contributed by atoms with E-state index in [0.29, 0.717) is 11.3 Å². The molecule has 0 aliphatic carbocycles. The largest absolute Gasteiger partial charge is 0.408 e. The molecule has 2 aliphatic rings. The minimum absolute atomic E-state index is 0.0531. The zero-order chi connectivity index (χ0) is 25.1. The fourth-order valence-corrected chi connectivity index (χ4v) is 5.73. The molecule has 1 amide bonds. The number of hydrogen-bond acceptors (Lipinski definition) is 4. The van der Waals surface area contributed by atoms with Crippen molar-refractivity contribution in [2.24, 2.45) is 0 Å². The predicted molar refractivity (Wildman–Crippen MR) is 124 cm³/mol. The van der Waals surface area contributed by atoms with Gasteiger partial charge < -0.3 is 4.90 Å². The predicted octanol–water partition coefficient (Wildman–Crippen LogP) is 4.99. The first-order chi connectivity index (χ1) is 16.6. The van der Waals surface area contributed by atoms with Gasteiger partial charge in [0.05, 0.1) is 6.04 Å². The number of halogens is 4. The van der Waals surface area contributed by atoms with Crippen LogP contribution in [0.3, 0.4) is 0 Å². The summed E-state index contributed by atoms with van der Waals surface area (Å²) >= 11 is 1.56. The fourth-order valence-electron chi connectivity index (χ4n) is 4.64. The highest BCUT2D eigenvalue weighted by molar-refractivity contribution is 7.98. The van der Waals surface area contributed by atoms with E-state index in [1.165, 1.54) is 36.0 Å². The lowest BCUT2D eigenvalue weighted by atomic mass is 9.94. The Morgan fingerprint density at radius 3 is 2.54 bits per heavy atom. The Bertz CT molecular complexity index is 1390. The van der Waals surface area contributed by atoms with Crippen LogP contribution in [0.2, 0.25) is 0 Å². The molecule has 0 saturated carbocycles. The molecule has 3 aromatic rings. The van der Waals surface area contributed by atoms with Gasteiger partial charge in [-0.25, -0.2) is 4.39 Å². The third kappa shape index (κ3) is 3.89. The van der Waals surface area contributed by atoms with Gasteiger partial charge >= 0.3 is 6.18 Å². The maximum absolute atomic E-state index is 14.5. The Hall–Kier alpha value is -3.27. The first-order valence-electron chi connectivity index (χ1n) is 10.9. The van der Waals surface area contributed by atoms with Gasteiger partial charge in [0.1, 0.15) is 24.2 Å². The molecule has 0 N–H and O–H groups in total. The standard InChI is InChI=1S/C25H21F4N3O2S/c1-14-20(33)9-10-31-22(14)24(34)30(15(2)25(27,28)29)13-32(31)23-18-5-3-4-6-21(18)35-12-16-7-8-17(26)11-19(16)23/h3-11,15,23H,12-13H2,1-2H3/t15-,23?/m1/s1. The first-order valence-corrected chi connectivity index (χ1v) is 11.9. The molecule has 35 heavy (non-hydrogen) atoms. The second-order valence-electron chi connectivity index (χ2n) is 8.64. The number of carbonyl (C=O) groups excluding carboxylic acids is 1. The first kappa shape index (κ1) is 23.5. The number of benzene rings is 2. The highest BCUT2D eigenvalue weighted by Gasteiger charge is 2.47. The molecule has 0 bridgehead atoms. The molecule has 2 aliphatic heterocycles. The van der Waals surface area contributed by atoms with Crippen LogP contribution in [0.4, 0.5) is 17.6 Å². The van der Waals surface area contributed by atoms with Gasteiger partial charge in [0.25, 0.3) is 5.91 Å². The summed E-state index contributed by atoms with van der Waals surface area (Å²) in [4.78, 5) is 27.3. The lowest BCUT2D eigenvalue weighted by Gasteiger charge is -2.46. The summed E-state index contributed by atoms with van der Waals surface area (Å²) in [5, 5.41) is 1.61. The smallest absolute Gasteiger partial charge is 0.306 e. The van der Waals surface area contributed by atoms with Gasteiger partial charge in [0.15, 0.2) is 5.43 Å². The number of pyridine rings is 1. The van der Waals surface area contributed by atoms with Crippen molar-refractivity contribution in [1.29, 1.82) is 0 Å². The van der Waals surface area contributed by atoms with E-state index < -0.39 is 42.1 Å². The number of nitrogens with zero attached hydrogens (tertiary/aromatic N) is 3. The van der Waals surface area contributed by atoms with Crippen molar-refractivity contribution in [3.05, 3.63) is 98.7 Å². The molecular formula is C25H21F4N3O2S. The van der Waals surface area contributed by atoms with Crippen LogP contribution in [0, 0.1) is 12.7 Å². The maximum atomic E-state index is 14.5. The van der Waals surface area contributed by atoms with Crippen molar-refractivity contribution in [1.82, 2.24) is 9.58 Å². The molecule has 0 spiro atoms. The summed E-state index contributed by atoms with van der Waals surface area (Å²) in [5.74, 6) is -0.797. The van der Waals surface area contributed by atoms with Crippen LogP contribution in [0.5, 0.6) is 0 Å². The Kier molecular flexibility index (Phi) is 5.66. The van der Waals surface area contributed by atoms with Crippen molar-refractivity contribution < 1.29 is 22.4 Å². The van der Waals surface area contributed by atoms with Gasteiger partial charge in [0.2, 0.25) is 0 Å². The number of thioether (sulfide) groups is 1. The summed E-state index contributed by atoms with van der Waals surface area (Å²) < 4.78 is 57.3. The van der Waals surface area contributed by atoms with Gasteiger partial charge in [-0.15, -0.1) is 11.8 Å². The summed E-state index contributed by atoms with van der Waals surface area (Å²) in [5.41, 5.74) is 1.68. The van der Waals surface area contributed by atoms with Crippen LogP contribution in [0.25, 0.3) is 0 Å². The Morgan fingerprint density at radius 1 is 1.06 bits per heavy atom. The van der Waals surface area contributed by atoms with Crippen LogP contribution in [-0.4, -0.2) is 34.4 Å². The number of carbonyl (C=O) groups is 1. The van der Waals surface area contributed by atoms with E-state index in [-0.39, 0.29) is 11.3 Å². The number of alkyl halides is 3. The Morgan fingerprint density at radius 2 is 1.80 bits per heavy atom. The van der Waals surface area contributed by atoms with Crippen LogP contribution < -0.4 is 10.4 Å². The monoisotopic (exact) mass is 503 g/mol. The molecule has 1 aromatic heterocycles. The average molecular weight is 504 g/mol. The molecule has 10 heteroatoms. The quantitative estimate of drug-likeness (QED) is 0.462. The van der Waals surface area contributed by atoms with Crippen molar-refractivity contribution >= 4 is 17.7 Å². The molecule has 5 rings (SSSR count). The maximum Gasteiger partial charge on any atom is 0.408 e. The van der Waals surface area contributed by atoms with Crippen molar-refractivity contribution in [3.63, 3.8) is 0 Å². The van der Waals surface area contributed by atoms with Crippen molar-refractivity contribution in [3.8, 4) is 0 Å². The Labute approximate surface area is 202 Å². The molecular weight excluding hydrogens is 482 g/mol. The molecule has 0 radical (unpaired) electrons. The van der Waals surface area contributed by atoms with E-state index in [0.717, 1.165) is 27.8 Å². The molecule has 2 aromatic carbocycles. The summed E-state index contributed by atoms with van der Waals surface area (Å²) in [7, 11) is 0. The highest BCUT2D eigenvalue weighted by Crippen LogP contribution is 2.43. The third-order valence-electron chi connectivity index (χ3n) is 6.60. The number of rotatable bonds is 2. The SMILES string of the molecule is Cc1c2n(ccc1=O)N(C1c3cc(F)ccc3CSc3ccccc31)CN([C@H](C)C(F)(F)F)C2=O. The Balaban J connectivity index is 1.79. The van der Waals surface area contributed by atoms with Crippen LogP contribution in [0.15, 0.2) is 64.4 Å². The molecule has 3 heterocycles. The second-order valence-corrected chi connectivity index (χ2v) is 9.66. The van der Waals surface area contributed by atoms with Gasteiger partial charge in [-0.3, -0.25) is 19.3 Å². The van der Waals surface area contributed by atoms with Gasteiger partial charge in [-0.05, 0) is 48.7 Å². The lowest BCUT2D eigenvalue weighted by molar-refractivity contribution is -0.173. The van der Waals surface area contributed by atoms with E-state index in [9.17, 15) is 27.2 Å². The minimum Gasteiger partial charge on any atom is -0.306 e. The molecule has 5 nitrogen and oxygen atoms in total. The number of amides is 1. The van der Waals surface area contributed by atoms with E-state index in [1.807, 2.05) is 24.3 Å². The summed E-state index contributed by atoms with van der Waals surface area (Å²) in [6.07, 6.45) is -3.27. The lowest BCUT2D eigenvalue weighted by Crippen LogP contribution is -2.60. The number of fused-ring (bicyclic) bond motifs is 3. The van der Waals surface area contributed by atoms with Gasteiger partial charge in [-0.2, -0.15) is 13.2 Å². The second kappa shape index (κ2) is 8.44. The van der Waals surface area contributed by atoms with E-state index in [4.69, 9.17) is 0 Å². The van der Waals surface area contributed by atoms with E-state index >= 15 is 0 Å². The van der Waals surface area contributed by atoms with Crippen molar-refractivity contribution in [2.75, 3.05) is 11.7 Å². The third-order valence-corrected chi connectivity index (χ3v) is 7.74. The zero-order valence-electron chi connectivity index (χ0n) is 18.8. The molecule has 1 unspecified atom stereocenters. The van der Waals surface area contributed by atoms with Crippen molar-refractivity contribution in [2.45, 2.75) is 42.8 Å². The summed E-state index contributed by atoms with van der Waals surface area (Å²) in [6, 6.07) is 10.4. The topological polar surface area (TPSA) is 45.6 Å². The fraction of sp³-hybridized carbons (Fsp3) is 0.280. The van der Waals surface area contributed by atoms with Gasteiger partial charge in [0, 0.05) is 28.5 Å². The molecule has 2 atom stereocenters. The molecule has 0 fully saturated rings. The highest BCUT2D eigenvalue weighted by atomic mass is 32.2. The normalized spacial score (nSPS) is 18.5.